The van der Waals surface area contributed by atoms with Crippen molar-refractivity contribution in [3.05, 3.63) is 90.4 Å². The predicted octanol–water partition coefficient (Wildman–Crippen LogP) is -0.400. The second kappa shape index (κ2) is 14.7. The Balaban J connectivity index is 0. The van der Waals surface area contributed by atoms with E-state index >= 15 is 0 Å². The molecule has 0 aromatic heterocycles. The zero-order chi connectivity index (χ0) is 14.9. The Morgan fingerprint density at radius 2 is 1.62 bits per heavy atom. The second-order valence-electron chi connectivity index (χ2n) is 4.98. The molecule has 2 aliphatic rings. The van der Waals surface area contributed by atoms with Crippen molar-refractivity contribution < 1.29 is 51.0 Å². The fraction of sp³-hybridized carbons (Fsp3) is 0.190. The fourth-order valence-corrected chi connectivity index (χ4v) is 2.34. The number of hydrogen-bond acceptors (Lipinski definition) is 0. The van der Waals surface area contributed by atoms with Gasteiger partial charge in [-0.25, -0.2) is 12.2 Å². The summed E-state index contributed by atoms with van der Waals surface area (Å²) in [6, 6.07) is 18.1. The summed E-state index contributed by atoms with van der Waals surface area (Å²) in [6.45, 7) is 4.00. The van der Waals surface area contributed by atoms with Crippen molar-refractivity contribution in [3.8, 4) is 11.1 Å². The molecule has 0 N–H and O–H groups in total. The first kappa shape index (κ1) is 25.6. The monoisotopic (exact) mass is 433 g/mol. The minimum atomic E-state index is 0. The molecule has 0 amide bonds. The van der Waals surface area contributed by atoms with Crippen LogP contribution in [0, 0.1) is 18.6 Å². The van der Waals surface area contributed by atoms with E-state index in [1.165, 1.54) is 22.3 Å². The molecule has 0 heterocycles. The normalized spacial score (nSPS) is 11.1. The van der Waals surface area contributed by atoms with Crippen LogP contribution in [0.2, 0.25) is 0 Å². The maximum atomic E-state index is 3.30. The van der Waals surface area contributed by atoms with E-state index in [2.05, 4.69) is 54.6 Å². The number of hydrogen-bond donors (Lipinski definition) is 0. The predicted molar refractivity (Wildman–Crippen MR) is 90.7 cm³/mol. The first-order valence-corrected chi connectivity index (χ1v) is 7.40. The van der Waals surface area contributed by atoms with E-state index in [1.807, 2.05) is 38.5 Å². The van der Waals surface area contributed by atoms with Crippen LogP contribution in [0.4, 0.5) is 0 Å². The molecule has 0 atom stereocenters. The number of allylic oxidation sites excluding steroid dienone is 4. The first-order chi connectivity index (χ1) is 10.4. The van der Waals surface area contributed by atoms with Gasteiger partial charge in [0.15, 0.2) is 0 Å². The molecule has 125 valence electrons. The van der Waals surface area contributed by atoms with Crippen molar-refractivity contribution >= 4 is 0 Å². The van der Waals surface area contributed by atoms with Crippen molar-refractivity contribution in [2.24, 2.45) is 0 Å². The van der Waals surface area contributed by atoms with E-state index < -0.39 is 0 Å². The van der Waals surface area contributed by atoms with Crippen LogP contribution in [0.25, 0.3) is 11.1 Å². The Labute approximate surface area is 178 Å². The molecule has 0 saturated carbocycles. The van der Waals surface area contributed by atoms with Gasteiger partial charge >= 0.3 is 26.2 Å². The van der Waals surface area contributed by atoms with E-state index in [1.54, 1.807) is 0 Å². The quantitative estimate of drug-likeness (QED) is 0.422. The Bertz CT molecular complexity index is 580. The van der Waals surface area contributed by atoms with Gasteiger partial charge in [-0.2, -0.15) is 49.8 Å². The Morgan fingerprint density at radius 3 is 2.21 bits per heavy atom. The fourth-order valence-electron chi connectivity index (χ4n) is 2.34. The summed E-state index contributed by atoms with van der Waals surface area (Å²) >= 11 is 0. The average Bonchev–Trinajstić information content (AvgIpc) is 3.19. The molecule has 0 saturated heterocycles. The van der Waals surface area contributed by atoms with Crippen molar-refractivity contribution in [1.82, 2.24) is 0 Å². The summed E-state index contributed by atoms with van der Waals surface area (Å²) in [5.74, 6) is 0. The minimum Gasteiger partial charge on any atom is -1.00 e. The Morgan fingerprint density at radius 1 is 0.958 bits per heavy atom. The van der Waals surface area contributed by atoms with Gasteiger partial charge < -0.3 is 31.2 Å². The SMILES string of the molecule is C[CH-]C.[C-]1=CC=CC1.[Cl-].[Cl-].[Zr+3].[c-]1cccc2c1Cc1ccccc1-2. The minimum absolute atomic E-state index is 0. The number of fused-ring (bicyclic) bond motifs is 3. The number of rotatable bonds is 0. The molecular formula is C21H21Cl2Zr-2. The molecule has 2 aromatic rings. The smallest absolute Gasteiger partial charge is 1.00 e. The third-order valence-electron chi connectivity index (χ3n) is 3.20. The third kappa shape index (κ3) is 7.51. The van der Waals surface area contributed by atoms with E-state index in [9.17, 15) is 0 Å². The second-order valence-corrected chi connectivity index (χ2v) is 4.98. The molecule has 0 spiro atoms. The zero-order valence-electron chi connectivity index (χ0n) is 14.0. The molecule has 0 bridgehead atoms. The Kier molecular flexibility index (Phi) is 15.7. The van der Waals surface area contributed by atoms with Gasteiger partial charge in [-0.3, -0.25) is 6.08 Å². The summed E-state index contributed by atoms with van der Waals surface area (Å²) in [5, 5.41) is 0. The molecule has 24 heavy (non-hydrogen) atoms. The van der Waals surface area contributed by atoms with Crippen LogP contribution in [0.15, 0.2) is 60.7 Å². The molecule has 1 radical (unpaired) electrons. The first-order valence-electron chi connectivity index (χ1n) is 7.40. The zero-order valence-corrected chi connectivity index (χ0v) is 18.0. The third-order valence-corrected chi connectivity index (χ3v) is 3.20. The largest absolute Gasteiger partial charge is 3.00 e. The van der Waals surface area contributed by atoms with Crippen LogP contribution < -0.4 is 24.8 Å². The van der Waals surface area contributed by atoms with E-state index in [0.717, 1.165) is 12.8 Å². The van der Waals surface area contributed by atoms with Crippen molar-refractivity contribution in [2.75, 3.05) is 0 Å². The summed E-state index contributed by atoms with van der Waals surface area (Å²) in [4.78, 5) is 0. The molecule has 2 aromatic carbocycles. The van der Waals surface area contributed by atoms with Crippen LogP contribution in [0.3, 0.4) is 0 Å². The van der Waals surface area contributed by atoms with Gasteiger partial charge in [0.25, 0.3) is 0 Å². The van der Waals surface area contributed by atoms with Crippen molar-refractivity contribution in [3.63, 3.8) is 0 Å². The summed E-state index contributed by atoms with van der Waals surface area (Å²) < 4.78 is 0. The molecule has 0 fully saturated rings. The standard InChI is InChI=1S/C13H9.C5H5.C3H7.2ClH.Zr/c1-3-7-12-10(5-1)9-11-6-2-4-8-13(11)12;1-2-4-5-3-1;1-3-2;;;/h1-5,7-8H,9H2;1-3H,4H2;3H,1-2H3;2*1H;/q3*-1;;;+3/p-2. The molecule has 0 nitrogen and oxygen atoms in total. The van der Waals surface area contributed by atoms with Gasteiger partial charge in [0, 0.05) is 0 Å². The van der Waals surface area contributed by atoms with Gasteiger partial charge in [-0.15, -0.1) is 12.0 Å². The van der Waals surface area contributed by atoms with Gasteiger partial charge in [-0.05, 0) is 6.42 Å². The molecule has 3 heteroatoms. The molecule has 0 unspecified atom stereocenters. The van der Waals surface area contributed by atoms with Gasteiger partial charge in [0.2, 0.25) is 0 Å². The van der Waals surface area contributed by atoms with Gasteiger partial charge in [0.1, 0.15) is 0 Å². The van der Waals surface area contributed by atoms with E-state index in [-0.39, 0.29) is 51.0 Å². The van der Waals surface area contributed by atoms with E-state index in [4.69, 9.17) is 0 Å². The topological polar surface area (TPSA) is 0 Å². The summed E-state index contributed by atoms with van der Waals surface area (Å²) in [5.41, 5.74) is 5.51. The van der Waals surface area contributed by atoms with Crippen LogP contribution in [0.1, 0.15) is 31.4 Å². The molecule has 0 aliphatic heterocycles. The maximum Gasteiger partial charge on any atom is 3.00 e. The van der Waals surface area contributed by atoms with Gasteiger partial charge in [0.05, 0.1) is 0 Å². The van der Waals surface area contributed by atoms with Crippen LogP contribution in [0.5, 0.6) is 0 Å². The number of benzene rings is 2. The van der Waals surface area contributed by atoms with Crippen molar-refractivity contribution in [1.29, 1.82) is 0 Å². The maximum absolute atomic E-state index is 3.30. The number of halogens is 2. The molecule has 4 rings (SSSR count). The van der Waals surface area contributed by atoms with E-state index in [0.29, 0.717) is 0 Å². The van der Waals surface area contributed by atoms with Crippen LogP contribution >= 0.6 is 0 Å². The Hall–Kier alpha value is -0.617. The van der Waals surface area contributed by atoms with Gasteiger partial charge in [-0.1, -0.05) is 35.4 Å². The summed E-state index contributed by atoms with van der Waals surface area (Å²) in [7, 11) is 0. The summed E-state index contributed by atoms with van der Waals surface area (Å²) in [6.07, 6.45) is 13.0. The van der Waals surface area contributed by atoms with Crippen LogP contribution in [-0.4, -0.2) is 0 Å². The van der Waals surface area contributed by atoms with Crippen molar-refractivity contribution in [2.45, 2.75) is 26.7 Å². The average molecular weight is 436 g/mol. The van der Waals surface area contributed by atoms with Crippen LogP contribution in [-0.2, 0) is 32.6 Å². The molecular weight excluding hydrogens is 414 g/mol. The molecule has 2 aliphatic carbocycles.